The number of nitrogens with zero attached hydrogens (tertiary/aromatic N) is 4. The van der Waals surface area contributed by atoms with E-state index < -0.39 is 0 Å². The summed E-state index contributed by atoms with van der Waals surface area (Å²) in [6.07, 6.45) is 0.529. The molecule has 0 aliphatic carbocycles. The maximum absolute atomic E-state index is 13.5. The predicted molar refractivity (Wildman–Crippen MR) is 80.6 cm³/mol. The van der Waals surface area contributed by atoms with Crippen LogP contribution in [0.2, 0.25) is 0 Å². The maximum atomic E-state index is 13.5. The SMILES string of the molecule is CN(C)c1nc(NN)nc(NCCc2ccccc2F)n1. The summed E-state index contributed by atoms with van der Waals surface area (Å²) in [5.41, 5.74) is 3.03. The van der Waals surface area contributed by atoms with Gasteiger partial charge >= 0.3 is 0 Å². The smallest absolute Gasteiger partial charge is 0.243 e. The Hall–Kier alpha value is -2.48. The standard InChI is InChI=1S/C13H18FN7/c1-21(2)13-18-11(17-12(19-13)20-15)16-8-7-9-5-3-4-6-10(9)14/h3-6H,7-8,15H2,1-2H3,(H2,16,17,18,19,20). The summed E-state index contributed by atoms with van der Waals surface area (Å²) in [5, 5.41) is 3.04. The molecule has 0 amide bonds. The van der Waals surface area contributed by atoms with E-state index in [2.05, 4.69) is 25.7 Å². The lowest BCUT2D eigenvalue weighted by Crippen LogP contribution is -2.19. The van der Waals surface area contributed by atoms with Crippen LogP contribution in [0.4, 0.5) is 22.2 Å². The van der Waals surface area contributed by atoms with E-state index in [0.29, 0.717) is 30.4 Å². The molecule has 1 aromatic heterocycles. The highest BCUT2D eigenvalue weighted by Gasteiger charge is 2.07. The molecular weight excluding hydrogens is 273 g/mol. The number of nitrogen functional groups attached to an aromatic ring is 1. The molecule has 0 unspecified atom stereocenters. The first-order valence-corrected chi connectivity index (χ1v) is 6.47. The second-order valence-electron chi connectivity index (χ2n) is 4.59. The number of rotatable bonds is 6. The zero-order valence-corrected chi connectivity index (χ0v) is 12.0. The van der Waals surface area contributed by atoms with E-state index in [0.717, 1.165) is 0 Å². The molecule has 0 spiro atoms. The molecule has 0 saturated heterocycles. The zero-order valence-electron chi connectivity index (χ0n) is 12.0. The third-order valence-electron chi connectivity index (χ3n) is 2.79. The summed E-state index contributed by atoms with van der Waals surface area (Å²) in [6, 6.07) is 6.67. The monoisotopic (exact) mass is 291 g/mol. The van der Waals surface area contributed by atoms with Gasteiger partial charge in [0.2, 0.25) is 17.8 Å². The van der Waals surface area contributed by atoms with Crippen molar-refractivity contribution in [2.24, 2.45) is 5.84 Å². The van der Waals surface area contributed by atoms with Crippen molar-refractivity contribution in [1.29, 1.82) is 0 Å². The van der Waals surface area contributed by atoms with Gasteiger partial charge in [0, 0.05) is 20.6 Å². The first-order chi connectivity index (χ1) is 10.1. The number of nitrogens with two attached hydrogens (primary N) is 1. The van der Waals surface area contributed by atoms with Crippen LogP contribution in [0.25, 0.3) is 0 Å². The fourth-order valence-electron chi connectivity index (χ4n) is 1.72. The average molecular weight is 291 g/mol. The van der Waals surface area contributed by atoms with Crippen LogP contribution in [-0.4, -0.2) is 35.6 Å². The Labute approximate surface area is 122 Å². The number of halogens is 1. The number of nitrogens with one attached hydrogen (secondary N) is 2. The van der Waals surface area contributed by atoms with Crippen LogP contribution < -0.4 is 21.5 Å². The molecule has 2 aromatic rings. The van der Waals surface area contributed by atoms with Gasteiger partial charge in [0.05, 0.1) is 0 Å². The van der Waals surface area contributed by atoms with Crippen LogP contribution in [-0.2, 0) is 6.42 Å². The molecule has 0 bridgehead atoms. The minimum atomic E-state index is -0.215. The van der Waals surface area contributed by atoms with Gasteiger partial charge in [0.15, 0.2) is 0 Å². The summed E-state index contributed by atoms with van der Waals surface area (Å²) < 4.78 is 13.5. The molecule has 8 heteroatoms. The number of aromatic nitrogens is 3. The van der Waals surface area contributed by atoms with Gasteiger partial charge in [-0.1, -0.05) is 18.2 Å². The number of benzene rings is 1. The fourth-order valence-corrected chi connectivity index (χ4v) is 1.72. The van der Waals surface area contributed by atoms with Crippen LogP contribution in [0.15, 0.2) is 24.3 Å². The van der Waals surface area contributed by atoms with Gasteiger partial charge in [-0.15, -0.1) is 0 Å². The molecule has 0 aliphatic heterocycles. The van der Waals surface area contributed by atoms with Crippen LogP contribution in [0, 0.1) is 5.82 Å². The van der Waals surface area contributed by atoms with Crippen molar-refractivity contribution >= 4 is 17.8 Å². The summed E-state index contributed by atoms with van der Waals surface area (Å²) in [5.74, 6) is 6.25. The van der Waals surface area contributed by atoms with Crippen molar-refractivity contribution in [2.45, 2.75) is 6.42 Å². The van der Waals surface area contributed by atoms with Crippen molar-refractivity contribution in [3.63, 3.8) is 0 Å². The average Bonchev–Trinajstić information content (AvgIpc) is 2.49. The highest BCUT2D eigenvalue weighted by molar-refractivity contribution is 5.42. The second kappa shape index (κ2) is 6.80. The van der Waals surface area contributed by atoms with Gasteiger partial charge in [0.1, 0.15) is 5.82 Å². The summed E-state index contributed by atoms with van der Waals surface area (Å²) >= 11 is 0. The van der Waals surface area contributed by atoms with Gasteiger partial charge in [-0.3, -0.25) is 5.43 Å². The van der Waals surface area contributed by atoms with E-state index >= 15 is 0 Å². The lowest BCUT2D eigenvalue weighted by molar-refractivity contribution is 0.610. The van der Waals surface area contributed by atoms with Crippen molar-refractivity contribution in [2.75, 3.05) is 36.3 Å². The Morgan fingerprint density at radius 2 is 1.86 bits per heavy atom. The lowest BCUT2D eigenvalue weighted by atomic mass is 10.1. The quantitative estimate of drug-likeness (QED) is 0.540. The van der Waals surface area contributed by atoms with Gasteiger partial charge in [-0.05, 0) is 18.1 Å². The second-order valence-corrected chi connectivity index (χ2v) is 4.59. The molecule has 2 rings (SSSR count). The molecule has 0 saturated carbocycles. The van der Waals surface area contributed by atoms with E-state index in [9.17, 15) is 4.39 Å². The van der Waals surface area contributed by atoms with Crippen LogP contribution in [0.1, 0.15) is 5.56 Å². The predicted octanol–water partition coefficient (Wildman–Crippen LogP) is 1.02. The molecule has 0 radical (unpaired) electrons. The highest BCUT2D eigenvalue weighted by atomic mass is 19.1. The maximum Gasteiger partial charge on any atom is 0.243 e. The Bertz CT molecular complexity index is 603. The Kier molecular flexibility index (Phi) is 4.83. The molecule has 0 fully saturated rings. The largest absolute Gasteiger partial charge is 0.354 e. The van der Waals surface area contributed by atoms with Gasteiger partial charge in [-0.2, -0.15) is 15.0 Å². The van der Waals surface area contributed by atoms with Crippen LogP contribution >= 0.6 is 0 Å². The summed E-state index contributed by atoms with van der Waals surface area (Å²) in [4.78, 5) is 14.2. The molecular formula is C13H18FN7. The normalized spacial score (nSPS) is 10.3. The third kappa shape index (κ3) is 3.99. The van der Waals surface area contributed by atoms with Gasteiger partial charge in [0.25, 0.3) is 0 Å². The van der Waals surface area contributed by atoms with Crippen molar-refractivity contribution in [3.05, 3.63) is 35.6 Å². The number of anilines is 3. The molecule has 112 valence electrons. The summed E-state index contributed by atoms with van der Waals surface area (Å²) in [7, 11) is 3.64. The lowest BCUT2D eigenvalue weighted by Gasteiger charge is -2.13. The molecule has 4 N–H and O–H groups in total. The minimum absolute atomic E-state index is 0.215. The third-order valence-corrected chi connectivity index (χ3v) is 2.79. The topological polar surface area (TPSA) is 92.0 Å². The van der Waals surface area contributed by atoms with Crippen molar-refractivity contribution in [3.8, 4) is 0 Å². The first-order valence-electron chi connectivity index (χ1n) is 6.47. The van der Waals surface area contributed by atoms with Crippen molar-refractivity contribution < 1.29 is 4.39 Å². The Morgan fingerprint density at radius 3 is 2.52 bits per heavy atom. The fraction of sp³-hybridized carbons (Fsp3) is 0.308. The van der Waals surface area contributed by atoms with E-state index in [4.69, 9.17) is 5.84 Å². The van der Waals surface area contributed by atoms with E-state index in [1.807, 2.05) is 20.2 Å². The van der Waals surface area contributed by atoms with E-state index in [-0.39, 0.29) is 11.8 Å². The first kappa shape index (κ1) is 14.9. The van der Waals surface area contributed by atoms with Gasteiger partial charge in [-0.25, -0.2) is 10.2 Å². The zero-order chi connectivity index (χ0) is 15.2. The number of hydrogen-bond donors (Lipinski definition) is 3. The van der Waals surface area contributed by atoms with E-state index in [1.165, 1.54) is 6.07 Å². The Balaban J connectivity index is 2.03. The molecule has 7 nitrogen and oxygen atoms in total. The van der Waals surface area contributed by atoms with E-state index in [1.54, 1.807) is 17.0 Å². The highest BCUT2D eigenvalue weighted by Crippen LogP contribution is 2.11. The van der Waals surface area contributed by atoms with Crippen LogP contribution in [0.5, 0.6) is 0 Å². The molecule has 21 heavy (non-hydrogen) atoms. The molecule has 0 atom stereocenters. The summed E-state index contributed by atoms with van der Waals surface area (Å²) in [6.45, 7) is 0.502. The van der Waals surface area contributed by atoms with Gasteiger partial charge < -0.3 is 10.2 Å². The minimum Gasteiger partial charge on any atom is -0.354 e. The molecule has 1 aromatic carbocycles. The number of hydrogen-bond acceptors (Lipinski definition) is 7. The van der Waals surface area contributed by atoms with Crippen LogP contribution in [0.3, 0.4) is 0 Å². The molecule has 0 aliphatic rings. The number of hydrazine groups is 1. The Morgan fingerprint density at radius 1 is 1.14 bits per heavy atom. The van der Waals surface area contributed by atoms with Crippen molar-refractivity contribution in [1.82, 2.24) is 15.0 Å². The molecule has 1 heterocycles.